The minimum atomic E-state index is 0.784. The number of piperidine rings is 1. The van der Waals surface area contributed by atoms with Gasteiger partial charge in [-0.3, -0.25) is 0 Å². The van der Waals surface area contributed by atoms with Crippen LogP contribution in [0.1, 0.15) is 18.4 Å². The lowest BCUT2D eigenvalue weighted by Crippen LogP contribution is -2.30. The number of nitrogens with zero attached hydrogens (tertiary/aromatic N) is 2. The molecule has 1 fully saturated rings. The maximum Gasteiger partial charge on any atom is 0.0648 e. The zero-order valence-corrected chi connectivity index (χ0v) is 10.5. The Morgan fingerprint density at radius 3 is 3.11 bits per heavy atom. The molecule has 0 bridgehead atoms. The van der Waals surface area contributed by atoms with Crippen molar-refractivity contribution in [2.45, 2.75) is 19.3 Å². The first-order valence-electron chi connectivity index (χ1n) is 6.71. The summed E-state index contributed by atoms with van der Waals surface area (Å²) in [5, 5.41) is 7.76. The summed E-state index contributed by atoms with van der Waals surface area (Å²) in [4.78, 5) is 0. The highest BCUT2D eigenvalue weighted by Crippen LogP contribution is 2.18. The third-order valence-electron chi connectivity index (χ3n) is 3.60. The molecule has 18 heavy (non-hydrogen) atoms. The molecule has 1 saturated heterocycles. The van der Waals surface area contributed by atoms with Gasteiger partial charge in [0.25, 0.3) is 0 Å². The van der Waals surface area contributed by atoms with Crippen molar-refractivity contribution >= 4 is 0 Å². The molecule has 0 amide bonds. The average molecular weight is 241 g/mol. The summed E-state index contributed by atoms with van der Waals surface area (Å²) in [7, 11) is 0. The number of hydrogen-bond acceptors (Lipinski definition) is 2. The van der Waals surface area contributed by atoms with Crippen LogP contribution in [-0.4, -0.2) is 22.9 Å². The Kier molecular flexibility index (Phi) is 3.42. The molecule has 1 aliphatic heterocycles. The summed E-state index contributed by atoms with van der Waals surface area (Å²) in [5.41, 5.74) is 2.57. The van der Waals surface area contributed by atoms with Gasteiger partial charge in [-0.2, -0.15) is 5.10 Å². The van der Waals surface area contributed by atoms with Gasteiger partial charge < -0.3 is 5.32 Å². The van der Waals surface area contributed by atoms with E-state index in [2.05, 4.69) is 34.7 Å². The highest BCUT2D eigenvalue weighted by Gasteiger charge is 2.13. The Bertz CT molecular complexity index is 484. The minimum Gasteiger partial charge on any atom is -0.316 e. The molecule has 1 atom stereocenters. The van der Waals surface area contributed by atoms with E-state index >= 15 is 0 Å². The molecule has 0 radical (unpaired) electrons. The first-order chi connectivity index (χ1) is 8.92. The van der Waals surface area contributed by atoms with Gasteiger partial charge in [0.1, 0.15) is 0 Å². The highest BCUT2D eigenvalue weighted by atomic mass is 15.3. The number of aromatic nitrogens is 2. The predicted octanol–water partition coefficient (Wildman–Crippen LogP) is 2.41. The van der Waals surface area contributed by atoms with Crippen LogP contribution < -0.4 is 5.32 Å². The Hall–Kier alpha value is -1.61. The van der Waals surface area contributed by atoms with Crippen molar-refractivity contribution in [3.63, 3.8) is 0 Å². The lowest BCUT2D eigenvalue weighted by molar-refractivity contribution is 0.376. The van der Waals surface area contributed by atoms with Crippen LogP contribution in [-0.2, 0) is 6.42 Å². The fourth-order valence-corrected chi connectivity index (χ4v) is 2.68. The zero-order valence-electron chi connectivity index (χ0n) is 10.5. The normalized spacial score (nSPS) is 19.9. The Labute approximate surface area is 108 Å². The largest absolute Gasteiger partial charge is 0.316 e. The van der Waals surface area contributed by atoms with E-state index in [1.165, 1.54) is 31.4 Å². The van der Waals surface area contributed by atoms with Crippen LogP contribution in [0.3, 0.4) is 0 Å². The van der Waals surface area contributed by atoms with E-state index < -0.39 is 0 Å². The number of rotatable bonds is 3. The van der Waals surface area contributed by atoms with Crippen molar-refractivity contribution in [3.05, 3.63) is 48.3 Å². The molecule has 1 N–H and O–H groups in total. The number of hydrogen-bond donors (Lipinski definition) is 1. The molecule has 2 heterocycles. The van der Waals surface area contributed by atoms with Crippen LogP contribution in [0, 0.1) is 5.92 Å². The molecule has 3 nitrogen and oxygen atoms in total. The van der Waals surface area contributed by atoms with Crippen LogP contribution in [0.4, 0.5) is 0 Å². The summed E-state index contributed by atoms with van der Waals surface area (Å²) >= 11 is 0. The second-order valence-corrected chi connectivity index (χ2v) is 5.04. The van der Waals surface area contributed by atoms with E-state index in [4.69, 9.17) is 0 Å². The van der Waals surface area contributed by atoms with Crippen molar-refractivity contribution < 1.29 is 0 Å². The van der Waals surface area contributed by atoms with E-state index in [-0.39, 0.29) is 0 Å². The monoisotopic (exact) mass is 241 g/mol. The fourth-order valence-electron chi connectivity index (χ4n) is 2.68. The molecular weight excluding hydrogens is 222 g/mol. The Balaban J connectivity index is 1.74. The van der Waals surface area contributed by atoms with Crippen molar-refractivity contribution in [1.82, 2.24) is 15.1 Å². The number of nitrogens with one attached hydrogen (secondary N) is 1. The topological polar surface area (TPSA) is 29.9 Å². The van der Waals surface area contributed by atoms with Crippen molar-refractivity contribution in [2.24, 2.45) is 5.92 Å². The van der Waals surface area contributed by atoms with Gasteiger partial charge in [-0.15, -0.1) is 0 Å². The van der Waals surface area contributed by atoms with E-state index in [0.29, 0.717) is 0 Å². The van der Waals surface area contributed by atoms with Gasteiger partial charge in [0.15, 0.2) is 0 Å². The highest BCUT2D eigenvalue weighted by molar-refractivity contribution is 5.35. The molecular formula is C15H19N3. The molecule has 0 saturated carbocycles. The third-order valence-corrected chi connectivity index (χ3v) is 3.60. The summed E-state index contributed by atoms with van der Waals surface area (Å²) in [6.07, 6.45) is 7.63. The van der Waals surface area contributed by atoms with Gasteiger partial charge >= 0.3 is 0 Å². The molecule has 3 rings (SSSR count). The zero-order chi connectivity index (χ0) is 12.2. The van der Waals surface area contributed by atoms with Crippen LogP contribution in [0.5, 0.6) is 0 Å². The quantitative estimate of drug-likeness (QED) is 0.894. The first-order valence-corrected chi connectivity index (χ1v) is 6.71. The summed E-state index contributed by atoms with van der Waals surface area (Å²) < 4.78 is 1.92. The average Bonchev–Trinajstić information content (AvgIpc) is 2.94. The maximum atomic E-state index is 4.28. The van der Waals surface area contributed by atoms with E-state index in [0.717, 1.165) is 18.2 Å². The molecule has 94 valence electrons. The van der Waals surface area contributed by atoms with Gasteiger partial charge in [-0.1, -0.05) is 12.1 Å². The molecule has 1 aliphatic rings. The second-order valence-electron chi connectivity index (χ2n) is 5.04. The molecule has 0 spiro atoms. The van der Waals surface area contributed by atoms with Crippen LogP contribution in [0.2, 0.25) is 0 Å². The van der Waals surface area contributed by atoms with E-state index in [9.17, 15) is 0 Å². The molecule has 1 aromatic heterocycles. The Morgan fingerprint density at radius 1 is 1.33 bits per heavy atom. The van der Waals surface area contributed by atoms with Gasteiger partial charge in [-0.05, 0) is 62.0 Å². The van der Waals surface area contributed by atoms with Gasteiger partial charge in [0, 0.05) is 12.4 Å². The molecule has 3 heteroatoms. The van der Waals surface area contributed by atoms with Crippen LogP contribution in [0.25, 0.3) is 5.69 Å². The van der Waals surface area contributed by atoms with Crippen molar-refractivity contribution in [2.75, 3.05) is 13.1 Å². The number of benzene rings is 1. The van der Waals surface area contributed by atoms with Gasteiger partial charge in [-0.25, -0.2) is 4.68 Å². The lowest BCUT2D eigenvalue weighted by atomic mass is 9.92. The minimum absolute atomic E-state index is 0.784. The lowest BCUT2D eigenvalue weighted by Gasteiger charge is -2.22. The molecule has 1 aromatic carbocycles. The van der Waals surface area contributed by atoms with Gasteiger partial charge in [0.05, 0.1) is 5.69 Å². The third kappa shape index (κ3) is 2.62. The summed E-state index contributed by atoms with van der Waals surface area (Å²) in [5.74, 6) is 0.784. The summed E-state index contributed by atoms with van der Waals surface area (Å²) in [6.45, 7) is 2.34. The van der Waals surface area contributed by atoms with Crippen LogP contribution in [0.15, 0.2) is 42.7 Å². The van der Waals surface area contributed by atoms with E-state index in [1.54, 1.807) is 0 Å². The van der Waals surface area contributed by atoms with Crippen molar-refractivity contribution in [1.29, 1.82) is 0 Å². The predicted molar refractivity (Wildman–Crippen MR) is 72.9 cm³/mol. The summed E-state index contributed by atoms with van der Waals surface area (Å²) in [6, 6.07) is 10.7. The molecule has 1 unspecified atom stereocenters. The van der Waals surface area contributed by atoms with Gasteiger partial charge in [0.2, 0.25) is 0 Å². The molecule has 0 aliphatic carbocycles. The smallest absolute Gasteiger partial charge is 0.0648 e. The SMILES string of the molecule is c1cc(CC2CCCNC2)cc(-n2cccn2)c1. The maximum absolute atomic E-state index is 4.28. The fraction of sp³-hybridized carbons (Fsp3) is 0.400. The first kappa shape index (κ1) is 11.5. The van der Waals surface area contributed by atoms with Crippen molar-refractivity contribution in [3.8, 4) is 5.69 Å². The molecule has 2 aromatic rings. The Morgan fingerprint density at radius 2 is 2.33 bits per heavy atom. The van der Waals surface area contributed by atoms with Crippen LogP contribution >= 0.6 is 0 Å². The standard InChI is InChI=1S/C15H19N3/c1-4-13(10-14-5-2-7-16-12-14)11-15(6-1)18-9-3-8-17-18/h1,3-4,6,8-9,11,14,16H,2,5,7,10,12H2. The second kappa shape index (κ2) is 5.36. The van der Waals surface area contributed by atoms with E-state index in [1.807, 2.05) is 23.1 Å².